The Balaban J connectivity index is 1.89. The smallest absolute Gasteiger partial charge is 0.407 e. The van der Waals surface area contributed by atoms with Gasteiger partial charge in [0.25, 0.3) is 0 Å². The molecular weight excluding hydrogens is 388 g/mol. The Kier molecular flexibility index (Phi) is 8.96. The molecular formula is C23H31ClN2O3. The molecule has 2 aromatic carbocycles. The van der Waals surface area contributed by atoms with Gasteiger partial charge in [-0.3, -0.25) is 0 Å². The molecule has 0 saturated heterocycles. The fourth-order valence-electron chi connectivity index (χ4n) is 2.89. The molecule has 0 aliphatic carbocycles. The predicted octanol–water partition coefficient (Wildman–Crippen LogP) is 3.97. The van der Waals surface area contributed by atoms with Crippen molar-refractivity contribution in [3.8, 4) is 0 Å². The Hall–Kier alpha value is -2.08. The van der Waals surface area contributed by atoms with Crippen molar-refractivity contribution in [3.63, 3.8) is 0 Å². The molecule has 2 aromatic rings. The van der Waals surface area contributed by atoms with E-state index in [1.165, 1.54) is 5.56 Å². The summed E-state index contributed by atoms with van der Waals surface area (Å²) in [4.78, 5) is 12.2. The Bertz CT molecular complexity index is 745. The molecule has 29 heavy (non-hydrogen) atoms. The van der Waals surface area contributed by atoms with Gasteiger partial charge >= 0.3 is 6.09 Å². The monoisotopic (exact) mass is 418 g/mol. The van der Waals surface area contributed by atoms with E-state index in [0.717, 1.165) is 12.0 Å². The van der Waals surface area contributed by atoms with Crippen LogP contribution in [0.1, 0.15) is 31.9 Å². The van der Waals surface area contributed by atoms with E-state index in [9.17, 15) is 9.90 Å². The first-order chi connectivity index (χ1) is 13.7. The highest BCUT2D eigenvalue weighted by atomic mass is 35.5. The molecule has 1 amide bonds. The van der Waals surface area contributed by atoms with Crippen molar-refractivity contribution >= 4 is 17.7 Å². The third kappa shape index (κ3) is 9.31. The number of hydrogen-bond donors (Lipinski definition) is 3. The van der Waals surface area contributed by atoms with E-state index in [0.29, 0.717) is 24.5 Å². The Morgan fingerprint density at radius 2 is 1.72 bits per heavy atom. The van der Waals surface area contributed by atoms with Crippen molar-refractivity contribution < 1.29 is 14.6 Å². The van der Waals surface area contributed by atoms with Gasteiger partial charge in [-0.05, 0) is 63.4 Å². The maximum Gasteiger partial charge on any atom is 0.407 e. The summed E-state index contributed by atoms with van der Waals surface area (Å²) >= 11 is 5.90. The van der Waals surface area contributed by atoms with Gasteiger partial charge in [-0.25, -0.2) is 4.79 Å². The molecule has 0 spiro atoms. The second kappa shape index (κ2) is 11.2. The van der Waals surface area contributed by atoms with Gasteiger partial charge in [0.1, 0.15) is 5.60 Å². The highest BCUT2D eigenvalue weighted by Gasteiger charge is 2.24. The Labute approximate surface area is 178 Å². The summed E-state index contributed by atoms with van der Waals surface area (Å²) in [7, 11) is 0. The molecule has 5 nitrogen and oxygen atoms in total. The van der Waals surface area contributed by atoms with E-state index in [-0.39, 0.29) is 0 Å². The van der Waals surface area contributed by atoms with Gasteiger partial charge in [0.15, 0.2) is 0 Å². The van der Waals surface area contributed by atoms with Crippen molar-refractivity contribution in [3.05, 3.63) is 70.7 Å². The van der Waals surface area contributed by atoms with Gasteiger partial charge in [0, 0.05) is 11.6 Å². The predicted molar refractivity (Wildman–Crippen MR) is 117 cm³/mol. The lowest BCUT2D eigenvalue weighted by Crippen LogP contribution is -2.50. The summed E-state index contributed by atoms with van der Waals surface area (Å²) in [6.45, 7) is 6.51. The molecule has 158 valence electrons. The number of aliphatic hydroxyl groups excluding tert-OH is 1. The molecule has 0 fully saturated rings. The first-order valence-electron chi connectivity index (χ1n) is 9.89. The van der Waals surface area contributed by atoms with E-state index in [2.05, 4.69) is 10.6 Å². The van der Waals surface area contributed by atoms with Crippen LogP contribution in [0.4, 0.5) is 4.79 Å². The highest BCUT2D eigenvalue weighted by Crippen LogP contribution is 2.11. The average Bonchev–Trinajstić information content (AvgIpc) is 2.65. The van der Waals surface area contributed by atoms with Gasteiger partial charge in [-0.15, -0.1) is 0 Å². The van der Waals surface area contributed by atoms with Gasteiger partial charge < -0.3 is 20.5 Å². The molecule has 0 unspecified atom stereocenters. The number of ether oxygens (including phenoxy) is 1. The Morgan fingerprint density at radius 3 is 2.34 bits per heavy atom. The van der Waals surface area contributed by atoms with Crippen molar-refractivity contribution in [2.24, 2.45) is 0 Å². The molecule has 2 rings (SSSR count). The molecule has 3 N–H and O–H groups in total. The molecule has 0 bridgehead atoms. The summed E-state index contributed by atoms with van der Waals surface area (Å²) in [6, 6.07) is 17.0. The number of amides is 1. The maximum atomic E-state index is 12.2. The molecule has 0 aliphatic heterocycles. The van der Waals surface area contributed by atoms with Gasteiger partial charge in [0.2, 0.25) is 0 Å². The van der Waals surface area contributed by atoms with E-state index < -0.39 is 23.8 Å². The summed E-state index contributed by atoms with van der Waals surface area (Å²) in [5.41, 5.74) is 1.61. The number of nitrogens with one attached hydrogen (secondary N) is 2. The van der Waals surface area contributed by atoms with E-state index in [1.807, 2.05) is 75.4 Å². The third-order valence-electron chi connectivity index (χ3n) is 4.32. The summed E-state index contributed by atoms with van der Waals surface area (Å²) < 4.78 is 5.36. The second-order valence-corrected chi connectivity index (χ2v) is 8.53. The van der Waals surface area contributed by atoms with Crippen LogP contribution in [0.3, 0.4) is 0 Å². The molecule has 0 radical (unpaired) electrons. The first kappa shape index (κ1) is 23.2. The fourth-order valence-corrected chi connectivity index (χ4v) is 3.01. The number of rotatable bonds is 9. The molecule has 0 saturated carbocycles. The molecule has 0 aromatic heterocycles. The lowest BCUT2D eigenvalue weighted by Gasteiger charge is -2.27. The zero-order valence-electron chi connectivity index (χ0n) is 17.3. The maximum absolute atomic E-state index is 12.2. The quantitative estimate of drug-likeness (QED) is 0.539. The summed E-state index contributed by atoms with van der Waals surface area (Å²) in [5.74, 6) is 0. The van der Waals surface area contributed by atoms with Crippen LogP contribution in [0.15, 0.2) is 54.6 Å². The largest absolute Gasteiger partial charge is 0.444 e. The fraction of sp³-hybridized carbons (Fsp3) is 0.435. The summed E-state index contributed by atoms with van der Waals surface area (Å²) in [6.07, 6.45) is 0.0546. The van der Waals surface area contributed by atoms with Gasteiger partial charge in [0.05, 0.1) is 12.1 Å². The number of alkyl carbamates (subject to hydrolysis) is 1. The van der Waals surface area contributed by atoms with Crippen LogP contribution in [0.5, 0.6) is 0 Å². The number of carbonyl (C=O) groups excluding carboxylic acids is 1. The number of hydrogen-bond acceptors (Lipinski definition) is 4. The average molecular weight is 419 g/mol. The van der Waals surface area contributed by atoms with Crippen LogP contribution in [0.25, 0.3) is 0 Å². The van der Waals surface area contributed by atoms with Crippen LogP contribution >= 0.6 is 11.6 Å². The third-order valence-corrected chi connectivity index (χ3v) is 4.57. The molecule has 6 heteroatoms. The normalized spacial score (nSPS) is 13.6. The minimum absolute atomic E-state index is 0.362. The lowest BCUT2D eigenvalue weighted by molar-refractivity contribution is 0.0423. The topological polar surface area (TPSA) is 70.6 Å². The van der Waals surface area contributed by atoms with Crippen molar-refractivity contribution in [2.75, 3.05) is 13.1 Å². The van der Waals surface area contributed by atoms with Crippen molar-refractivity contribution in [1.29, 1.82) is 0 Å². The second-order valence-electron chi connectivity index (χ2n) is 8.09. The minimum Gasteiger partial charge on any atom is -0.444 e. The van der Waals surface area contributed by atoms with Crippen LogP contribution in [-0.2, 0) is 17.6 Å². The van der Waals surface area contributed by atoms with Crippen LogP contribution < -0.4 is 10.6 Å². The highest BCUT2D eigenvalue weighted by molar-refractivity contribution is 6.30. The number of aliphatic hydroxyl groups is 1. The molecule has 0 heterocycles. The zero-order valence-corrected chi connectivity index (χ0v) is 18.1. The van der Waals surface area contributed by atoms with Crippen LogP contribution in [0, 0.1) is 0 Å². The number of carbonyl (C=O) groups is 1. The standard InChI is InChI=1S/C23H31ClN2O3/c1-23(2,3)29-22(28)26-20(15-18-7-5-4-6-8-18)21(27)16-25-14-13-17-9-11-19(24)12-10-17/h4-12,20-21,25,27H,13-16H2,1-3H3,(H,26,28)/t20-,21-/m0/s1. The summed E-state index contributed by atoms with van der Waals surface area (Å²) in [5, 5.41) is 17.5. The van der Waals surface area contributed by atoms with Crippen molar-refractivity contribution in [2.45, 2.75) is 51.4 Å². The minimum atomic E-state index is -0.757. The first-order valence-corrected chi connectivity index (χ1v) is 10.3. The number of benzene rings is 2. The lowest BCUT2D eigenvalue weighted by atomic mass is 10.0. The Morgan fingerprint density at radius 1 is 1.07 bits per heavy atom. The molecule has 2 atom stereocenters. The van der Waals surface area contributed by atoms with Crippen LogP contribution in [-0.4, -0.2) is 42.0 Å². The van der Waals surface area contributed by atoms with E-state index in [1.54, 1.807) is 0 Å². The van der Waals surface area contributed by atoms with Gasteiger partial charge in [-0.2, -0.15) is 0 Å². The van der Waals surface area contributed by atoms with Gasteiger partial charge in [-0.1, -0.05) is 54.1 Å². The SMILES string of the molecule is CC(C)(C)OC(=O)N[C@@H](Cc1ccccc1)[C@@H](O)CNCCc1ccc(Cl)cc1. The molecule has 0 aliphatic rings. The van der Waals surface area contributed by atoms with Crippen LogP contribution in [0.2, 0.25) is 5.02 Å². The zero-order chi connectivity index (χ0) is 21.3. The van der Waals surface area contributed by atoms with E-state index in [4.69, 9.17) is 16.3 Å². The van der Waals surface area contributed by atoms with E-state index >= 15 is 0 Å². The van der Waals surface area contributed by atoms with Crippen molar-refractivity contribution in [1.82, 2.24) is 10.6 Å². The number of halogens is 1.